The Morgan fingerprint density at radius 3 is 1.67 bits per heavy atom. The Morgan fingerprint density at radius 1 is 0.361 bits per heavy atom. The van der Waals surface area contributed by atoms with Gasteiger partial charge in [0.1, 0.15) is 11.1 Å². The molecular weight excluding hydrogens is 747 g/mol. The number of para-hydroxylation sites is 3. The quantitative estimate of drug-likeness (QED) is 0.175. The summed E-state index contributed by atoms with van der Waals surface area (Å²) in [4.78, 5) is 14.8. The summed E-state index contributed by atoms with van der Waals surface area (Å²) in [6.45, 7) is 0. The summed E-state index contributed by atoms with van der Waals surface area (Å²) >= 11 is 0. The Labute approximate surface area is 349 Å². The van der Waals surface area contributed by atoms with E-state index in [0.29, 0.717) is 5.82 Å². The van der Waals surface area contributed by atoms with Crippen LogP contribution in [0.25, 0.3) is 122 Å². The number of rotatable bonds is 5. The molecule has 0 N–H and O–H groups in total. The summed E-state index contributed by atoms with van der Waals surface area (Å²) in [7, 11) is 0. The van der Waals surface area contributed by atoms with Crippen LogP contribution in [0.15, 0.2) is 205 Å². The van der Waals surface area contributed by atoms with Gasteiger partial charge in [-0.1, -0.05) is 97.1 Å². The lowest BCUT2D eigenvalue weighted by Crippen LogP contribution is -1.97. The number of aromatic nitrogens is 5. The molecule has 6 heteroatoms. The molecule has 13 aromatic rings. The van der Waals surface area contributed by atoms with Crippen molar-refractivity contribution in [2.75, 3.05) is 0 Å². The van der Waals surface area contributed by atoms with Crippen molar-refractivity contribution in [3.05, 3.63) is 200 Å². The highest BCUT2D eigenvalue weighted by Gasteiger charge is 2.18. The van der Waals surface area contributed by atoms with Gasteiger partial charge >= 0.3 is 0 Å². The predicted molar refractivity (Wildman–Crippen MR) is 250 cm³/mol. The van der Waals surface area contributed by atoms with Gasteiger partial charge in [-0.05, 0) is 108 Å². The third-order valence-electron chi connectivity index (χ3n) is 12.2. The molecule has 0 aliphatic heterocycles. The molecule has 0 saturated carbocycles. The fraction of sp³-hybridized carbons (Fsp3) is 0. The van der Waals surface area contributed by atoms with Gasteiger partial charge < -0.3 is 13.6 Å². The van der Waals surface area contributed by atoms with E-state index in [4.69, 9.17) is 14.4 Å². The van der Waals surface area contributed by atoms with Crippen molar-refractivity contribution < 1.29 is 4.42 Å². The molecule has 0 amide bonds. The van der Waals surface area contributed by atoms with Gasteiger partial charge in [0.25, 0.3) is 0 Å². The summed E-state index contributed by atoms with van der Waals surface area (Å²) < 4.78 is 10.8. The normalized spacial score (nSPS) is 11.9. The van der Waals surface area contributed by atoms with Crippen LogP contribution in [-0.2, 0) is 0 Å². The van der Waals surface area contributed by atoms with Crippen LogP contribution in [0.4, 0.5) is 0 Å². The molecule has 284 valence electrons. The molecule has 0 spiro atoms. The molecule has 5 aromatic heterocycles. The fourth-order valence-corrected chi connectivity index (χ4v) is 9.37. The number of fused-ring (bicyclic) bond motifs is 10. The van der Waals surface area contributed by atoms with Crippen molar-refractivity contribution >= 4 is 76.6 Å². The van der Waals surface area contributed by atoms with E-state index in [2.05, 4.69) is 178 Å². The molecule has 0 aliphatic rings. The standard InChI is InChI=1S/C55H33N5O/c1-2-11-34(12-3-1)53-42-15-4-7-16-46(42)57-55(58-53)35-20-24-38(25-21-35)59-47-17-8-5-13-40(47)43-31-36(22-27-49(43)59)37-23-28-50-44(32-37)41-14-6-9-18-48(41)60(50)39-26-29-51-45(33-39)54-52(61-51)19-10-30-56-54/h1-33H. The van der Waals surface area contributed by atoms with Crippen LogP contribution in [0.1, 0.15) is 0 Å². The Balaban J connectivity index is 0.910. The molecule has 0 saturated heterocycles. The van der Waals surface area contributed by atoms with Crippen LogP contribution in [0.2, 0.25) is 0 Å². The van der Waals surface area contributed by atoms with E-state index in [0.717, 1.165) is 83.2 Å². The van der Waals surface area contributed by atoms with E-state index in [-0.39, 0.29) is 0 Å². The number of hydrogen-bond donors (Lipinski definition) is 0. The SMILES string of the molecule is c1ccc(-c2nc(-c3ccc(-n4c5ccccc5c5cc(-c6ccc7c(c6)c6ccccc6n7-c6ccc7oc8cccnc8c7c6)ccc54)cc3)nc3ccccc23)cc1. The minimum atomic E-state index is 0.709. The topological polar surface area (TPSA) is 61.7 Å². The molecule has 0 aliphatic carbocycles. The van der Waals surface area contributed by atoms with Gasteiger partial charge in [0.15, 0.2) is 11.4 Å². The maximum absolute atomic E-state index is 6.12. The van der Waals surface area contributed by atoms with E-state index < -0.39 is 0 Å². The molecule has 0 fully saturated rings. The molecule has 0 bridgehead atoms. The van der Waals surface area contributed by atoms with Gasteiger partial charge in [0.2, 0.25) is 0 Å². The third-order valence-corrected chi connectivity index (χ3v) is 12.2. The number of nitrogens with zero attached hydrogens (tertiary/aromatic N) is 5. The number of furan rings is 1. The van der Waals surface area contributed by atoms with Gasteiger partial charge in [-0.2, -0.15) is 0 Å². The lowest BCUT2D eigenvalue weighted by atomic mass is 10.0. The second-order valence-electron chi connectivity index (χ2n) is 15.6. The van der Waals surface area contributed by atoms with Crippen molar-refractivity contribution in [1.82, 2.24) is 24.1 Å². The number of pyridine rings is 1. The van der Waals surface area contributed by atoms with Crippen molar-refractivity contribution in [3.63, 3.8) is 0 Å². The monoisotopic (exact) mass is 779 g/mol. The summed E-state index contributed by atoms with van der Waals surface area (Å²) in [5.41, 5.74) is 15.5. The van der Waals surface area contributed by atoms with Crippen LogP contribution in [0.3, 0.4) is 0 Å². The van der Waals surface area contributed by atoms with Gasteiger partial charge in [-0.3, -0.25) is 4.98 Å². The first-order chi connectivity index (χ1) is 30.2. The van der Waals surface area contributed by atoms with Crippen LogP contribution in [0.5, 0.6) is 0 Å². The molecule has 0 radical (unpaired) electrons. The highest BCUT2D eigenvalue weighted by molar-refractivity contribution is 6.13. The average Bonchev–Trinajstić information content (AvgIpc) is 3.98. The molecule has 61 heavy (non-hydrogen) atoms. The van der Waals surface area contributed by atoms with E-state index in [1.54, 1.807) is 0 Å². The fourth-order valence-electron chi connectivity index (χ4n) is 9.37. The highest BCUT2D eigenvalue weighted by atomic mass is 16.3. The predicted octanol–water partition coefficient (Wildman–Crippen LogP) is 14.1. The Bertz CT molecular complexity index is 3880. The molecular formula is C55H33N5O. The van der Waals surface area contributed by atoms with Crippen molar-refractivity contribution in [2.45, 2.75) is 0 Å². The zero-order valence-corrected chi connectivity index (χ0v) is 32.7. The zero-order valence-electron chi connectivity index (χ0n) is 32.7. The van der Waals surface area contributed by atoms with E-state index in [1.165, 1.54) is 32.7 Å². The van der Waals surface area contributed by atoms with Crippen LogP contribution in [0, 0.1) is 0 Å². The van der Waals surface area contributed by atoms with Crippen molar-refractivity contribution in [3.8, 4) is 45.1 Å². The second-order valence-corrected chi connectivity index (χ2v) is 15.6. The van der Waals surface area contributed by atoms with Gasteiger partial charge in [-0.15, -0.1) is 0 Å². The van der Waals surface area contributed by atoms with Crippen molar-refractivity contribution in [1.29, 1.82) is 0 Å². The summed E-state index contributed by atoms with van der Waals surface area (Å²) in [6.07, 6.45) is 1.82. The maximum atomic E-state index is 6.12. The summed E-state index contributed by atoms with van der Waals surface area (Å²) in [5, 5.41) is 6.89. The van der Waals surface area contributed by atoms with E-state index >= 15 is 0 Å². The maximum Gasteiger partial charge on any atom is 0.160 e. The lowest BCUT2D eigenvalue weighted by Gasteiger charge is -2.11. The number of benzene rings is 8. The van der Waals surface area contributed by atoms with Crippen LogP contribution < -0.4 is 0 Å². The molecule has 13 rings (SSSR count). The second kappa shape index (κ2) is 13.1. The molecule has 0 unspecified atom stereocenters. The molecule has 0 atom stereocenters. The van der Waals surface area contributed by atoms with Crippen LogP contribution in [-0.4, -0.2) is 24.1 Å². The number of hydrogen-bond acceptors (Lipinski definition) is 4. The van der Waals surface area contributed by atoms with E-state index in [9.17, 15) is 0 Å². The highest BCUT2D eigenvalue weighted by Crippen LogP contribution is 2.40. The minimum absolute atomic E-state index is 0.709. The third kappa shape index (κ3) is 5.19. The molecule has 5 heterocycles. The first-order valence-electron chi connectivity index (χ1n) is 20.5. The van der Waals surface area contributed by atoms with Gasteiger partial charge in [0.05, 0.1) is 33.3 Å². The van der Waals surface area contributed by atoms with Gasteiger partial charge in [0, 0.05) is 61.0 Å². The molecule has 8 aromatic carbocycles. The first kappa shape index (κ1) is 33.6. The Hall–Kier alpha value is -8.35. The first-order valence-corrected chi connectivity index (χ1v) is 20.5. The van der Waals surface area contributed by atoms with Gasteiger partial charge in [-0.25, -0.2) is 9.97 Å². The van der Waals surface area contributed by atoms with Crippen molar-refractivity contribution in [2.24, 2.45) is 0 Å². The molecule has 6 nitrogen and oxygen atoms in total. The largest absolute Gasteiger partial charge is 0.454 e. The smallest absolute Gasteiger partial charge is 0.160 e. The Morgan fingerprint density at radius 2 is 0.951 bits per heavy atom. The lowest BCUT2D eigenvalue weighted by molar-refractivity contribution is 0.668. The van der Waals surface area contributed by atoms with E-state index in [1.807, 2.05) is 36.5 Å². The summed E-state index contributed by atoms with van der Waals surface area (Å²) in [6, 6.07) is 68.6. The Kier molecular flexibility index (Phi) is 7.21. The summed E-state index contributed by atoms with van der Waals surface area (Å²) in [5.74, 6) is 0.709. The van der Waals surface area contributed by atoms with Crippen LogP contribution >= 0.6 is 0 Å². The zero-order chi connectivity index (χ0) is 40.0. The average molecular weight is 780 g/mol. The minimum Gasteiger partial charge on any atom is -0.454 e.